The Hall–Kier alpha value is -10.3. The lowest BCUT2D eigenvalue weighted by molar-refractivity contribution is 0.303. The number of anilines is 3. The number of hydrogen-bond donors (Lipinski definition) is 0. The first-order chi connectivity index (χ1) is 46.5. The summed E-state index contributed by atoms with van der Waals surface area (Å²) in [6, 6.07) is 106. The normalized spacial score (nSPS) is 15.1. The van der Waals surface area contributed by atoms with E-state index in [1.807, 2.05) is 47.8 Å². The summed E-state index contributed by atoms with van der Waals surface area (Å²) in [6.45, 7) is 9.21. The van der Waals surface area contributed by atoms with Gasteiger partial charge in [-0.05, 0) is 200 Å². The van der Waals surface area contributed by atoms with Gasteiger partial charge < -0.3 is 14.4 Å². The number of fused-ring (bicyclic) bond motifs is 9. The summed E-state index contributed by atoms with van der Waals surface area (Å²) < 4.78 is 14.9. The Labute approximate surface area is 558 Å². The third-order valence-corrected chi connectivity index (χ3v) is 21.2. The molecule has 2 unspecified atom stereocenters. The number of ether oxygens (including phenoxy) is 2. The third kappa shape index (κ3) is 11.4. The summed E-state index contributed by atoms with van der Waals surface area (Å²) in [5.74, 6) is 1.83. The van der Waals surface area contributed by atoms with Crippen LogP contribution in [0.1, 0.15) is 109 Å². The quantitative estimate of drug-likeness (QED) is 0.0532. The van der Waals surface area contributed by atoms with E-state index in [1.54, 1.807) is 0 Å². The smallest absolute Gasteiger partial charge is 0.119 e. The largest absolute Gasteiger partial charge is 0.494 e. The van der Waals surface area contributed by atoms with Crippen molar-refractivity contribution in [3.05, 3.63) is 343 Å². The van der Waals surface area contributed by atoms with E-state index >= 15 is 0 Å². The Morgan fingerprint density at radius 1 is 0.319 bits per heavy atom. The lowest BCUT2D eigenvalue weighted by Gasteiger charge is -2.33. The van der Waals surface area contributed by atoms with E-state index in [0.717, 1.165) is 104 Å². The molecule has 12 aromatic carbocycles. The Kier molecular flexibility index (Phi) is 17.1. The molecule has 460 valence electrons. The Morgan fingerprint density at radius 2 is 0.723 bits per heavy atom. The van der Waals surface area contributed by atoms with Crippen LogP contribution in [0.4, 0.5) is 17.1 Å². The van der Waals surface area contributed by atoms with Gasteiger partial charge in [-0.25, -0.2) is 0 Å². The standard InChI is InChI=1S/C90H77NO2S/c1-3-64-35-50-75(51-36-64)92-59-23-7-5-21-57-89(70-25-11-9-12-26-70)83-32-18-15-29-77(83)79-54-43-68(61-85(79)89)66-39-45-72(46-40-66)91(74-49-56-88-82(63-74)81-31-17-20-34-87(81)94-88)73-47-41-67(42-48-73)69-44-55-80-78-30-16-19-33-84(78)90(86(80)62-69,71-27-13-10-14-28-71)58-22-6-8-24-60-93-76-52-37-65(4-2)38-53-76/h3-4,9-20,25-56,61-63H,1-2,5-8,21-24,57-60H2. The minimum absolute atomic E-state index is 0.285. The molecule has 2 aliphatic rings. The second-order valence-corrected chi connectivity index (χ2v) is 26.5. The summed E-state index contributed by atoms with van der Waals surface area (Å²) >= 11 is 1.86. The fourth-order valence-electron chi connectivity index (χ4n) is 15.4. The summed E-state index contributed by atoms with van der Waals surface area (Å²) in [5.41, 5.74) is 23.4. The monoisotopic (exact) mass is 1240 g/mol. The first-order valence-electron chi connectivity index (χ1n) is 33.7. The molecule has 0 saturated carbocycles. The van der Waals surface area contributed by atoms with Gasteiger partial charge >= 0.3 is 0 Å². The topological polar surface area (TPSA) is 21.7 Å². The zero-order chi connectivity index (χ0) is 63.3. The molecule has 0 aliphatic heterocycles. The maximum atomic E-state index is 6.16. The van der Waals surface area contributed by atoms with Crippen molar-refractivity contribution in [3.63, 3.8) is 0 Å². The van der Waals surface area contributed by atoms with E-state index in [2.05, 4.69) is 279 Å². The molecule has 2 atom stereocenters. The lowest BCUT2D eigenvalue weighted by Crippen LogP contribution is -2.27. The molecule has 0 N–H and O–H groups in total. The van der Waals surface area contributed by atoms with Crippen molar-refractivity contribution >= 4 is 60.7 Å². The fourth-order valence-corrected chi connectivity index (χ4v) is 16.5. The molecule has 0 radical (unpaired) electrons. The summed E-state index contributed by atoms with van der Waals surface area (Å²) in [5, 5.41) is 2.57. The summed E-state index contributed by atoms with van der Waals surface area (Å²) in [6.07, 6.45) is 14.5. The molecule has 2 aliphatic carbocycles. The first-order valence-corrected chi connectivity index (χ1v) is 34.5. The maximum absolute atomic E-state index is 6.16. The van der Waals surface area contributed by atoms with E-state index < -0.39 is 0 Å². The number of nitrogens with zero attached hydrogens (tertiary/aromatic N) is 1. The van der Waals surface area contributed by atoms with Crippen molar-refractivity contribution in [1.29, 1.82) is 0 Å². The van der Waals surface area contributed by atoms with E-state index in [4.69, 9.17) is 9.47 Å². The highest BCUT2D eigenvalue weighted by Gasteiger charge is 2.45. The van der Waals surface area contributed by atoms with Crippen molar-refractivity contribution < 1.29 is 9.47 Å². The van der Waals surface area contributed by atoms with Crippen LogP contribution >= 0.6 is 11.3 Å². The minimum atomic E-state index is -0.285. The van der Waals surface area contributed by atoms with Gasteiger partial charge in [0.25, 0.3) is 0 Å². The van der Waals surface area contributed by atoms with Crippen molar-refractivity contribution in [2.24, 2.45) is 0 Å². The molecule has 13 aromatic rings. The highest BCUT2D eigenvalue weighted by molar-refractivity contribution is 7.25. The fraction of sp³-hybridized carbons (Fsp3) is 0.156. The van der Waals surface area contributed by atoms with Crippen LogP contribution in [0, 0.1) is 0 Å². The van der Waals surface area contributed by atoms with Crippen molar-refractivity contribution in [2.75, 3.05) is 18.1 Å². The molecule has 4 heteroatoms. The Morgan fingerprint density at radius 3 is 1.21 bits per heavy atom. The van der Waals surface area contributed by atoms with Crippen LogP contribution < -0.4 is 14.4 Å². The Bertz CT molecular complexity index is 4570. The Balaban J connectivity index is 0.729. The third-order valence-electron chi connectivity index (χ3n) is 20.0. The van der Waals surface area contributed by atoms with E-state index in [9.17, 15) is 0 Å². The van der Waals surface area contributed by atoms with Gasteiger partial charge in [0.2, 0.25) is 0 Å². The van der Waals surface area contributed by atoms with Gasteiger partial charge in [0.05, 0.1) is 13.2 Å². The van der Waals surface area contributed by atoms with E-state index in [-0.39, 0.29) is 10.8 Å². The molecule has 1 heterocycles. The van der Waals surface area contributed by atoms with Crippen molar-refractivity contribution in [2.45, 2.75) is 75.0 Å². The molecular formula is C90H77NO2S. The zero-order valence-corrected chi connectivity index (χ0v) is 54.2. The predicted octanol–water partition coefficient (Wildman–Crippen LogP) is 24.8. The zero-order valence-electron chi connectivity index (χ0n) is 53.4. The molecule has 1 aromatic heterocycles. The second-order valence-electron chi connectivity index (χ2n) is 25.4. The van der Waals surface area contributed by atoms with Crippen LogP contribution in [0.25, 0.3) is 76.8 Å². The lowest BCUT2D eigenvalue weighted by atomic mass is 9.69. The number of thiophene rings is 1. The van der Waals surface area contributed by atoms with Crippen molar-refractivity contribution in [1.82, 2.24) is 0 Å². The van der Waals surface area contributed by atoms with Gasteiger partial charge in [-0.2, -0.15) is 0 Å². The van der Waals surface area contributed by atoms with E-state index in [1.165, 1.54) is 98.1 Å². The average molecular weight is 1240 g/mol. The molecule has 0 saturated heterocycles. The van der Waals surface area contributed by atoms with Gasteiger partial charge in [-0.15, -0.1) is 11.3 Å². The number of unbranched alkanes of at least 4 members (excludes halogenated alkanes) is 6. The van der Waals surface area contributed by atoms with Crippen LogP contribution in [0.2, 0.25) is 0 Å². The SMILES string of the molecule is C=Cc1ccc(OCCCCCCC2(c3ccccc3)c3ccccc3-c3ccc(-c4ccc(N(c5ccc(-c6ccc7c(c6)C(CCCCCCOc6ccc(C=C)cc6)(c6ccccc6)c6ccccc6-7)cc5)c5ccc6sc7ccccc7c6c5)cc4)cc32)cc1. The van der Waals surface area contributed by atoms with Crippen LogP contribution in [-0.4, -0.2) is 13.2 Å². The minimum Gasteiger partial charge on any atom is -0.494 e. The number of hydrogen-bond acceptors (Lipinski definition) is 4. The van der Waals surface area contributed by atoms with Crippen LogP contribution in [-0.2, 0) is 10.8 Å². The summed E-state index contributed by atoms with van der Waals surface area (Å²) in [4.78, 5) is 2.44. The van der Waals surface area contributed by atoms with Crippen LogP contribution in [0.5, 0.6) is 11.5 Å². The molecule has 94 heavy (non-hydrogen) atoms. The highest BCUT2D eigenvalue weighted by atomic mass is 32.1. The molecule has 3 nitrogen and oxygen atoms in total. The number of rotatable bonds is 25. The van der Waals surface area contributed by atoms with Crippen molar-refractivity contribution in [3.8, 4) is 56.0 Å². The molecule has 0 amide bonds. The van der Waals surface area contributed by atoms with E-state index in [0.29, 0.717) is 13.2 Å². The van der Waals surface area contributed by atoms with Crippen LogP contribution in [0.3, 0.4) is 0 Å². The molecule has 15 rings (SSSR count). The second kappa shape index (κ2) is 26.8. The first kappa shape index (κ1) is 60.0. The molecular weight excluding hydrogens is 1160 g/mol. The maximum Gasteiger partial charge on any atom is 0.119 e. The number of benzene rings is 12. The predicted molar refractivity (Wildman–Crippen MR) is 399 cm³/mol. The van der Waals surface area contributed by atoms with Gasteiger partial charge in [-0.3, -0.25) is 0 Å². The highest BCUT2D eigenvalue weighted by Crippen LogP contribution is 2.58. The van der Waals surface area contributed by atoms with Crippen LogP contribution in [0.15, 0.2) is 298 Å². The van der Waals surface area contributed by atoms with Gasteiger partial charge in [0.1, 0.15) is 11.5 Å². The average Bonchev–Trinajstić information content (AvgIpc) is 1.56. The molecule has 0 bridgehead atoms. The van der Waals surface area contributed by atoms with Gasteiger partial charge in [0, 0.05) is 48.1 Å². The summed E-state index contributed by atoms with van der Waals surface area (Å²) in [7, 11) is 0. The van der Waals surface area contributed by atoms with Gasteiger partial charge in [-0.1, -0.05) is 264 Å². The molecule has 0 fully saturated rings. The van der Waals surface area contributed by atoms with Gasteiger partial charge in [0.15, 0.2) is 0 Å². The molecule has 0 spiro atoms.